The zero-order valence-electron chi connectivity index (χ0n) is 21.7. The predicted octanol–water partition coefficient (Wildman–Crippen LogP) is 0.417. The van der Waals surface area contributed by atoms with Crippen LogP contribution in [-0.4, -0.2) is 82.2 Å². The number of nitrogens with zero attached hydrogens (tertiary/aromatic N) is 8. The number of aryl methyl sites for hydroxylation is 1. The number of halogens is 3. The number of fused-ring (bicyclic) bond motifs is 2. The quantitative estimate of drug-likeness (QED) is 0.376. The van der Waals surface area contributed by atoms with Crippen molar-refractivity contribution in [1.82, 2.24) is 44.6 Å². The average molecular weight is 555 g/mol. The Morgan fingerprint density at radius 1 is 1.26 bits per heavy atom. The van der Waals surface area contributed by atoms with Gasteiger partial charge in [-0.3, -0.25) is 9.36 Å². The summed E-state index contributed by atoms with van der Waals surface area (Å²) in [5.41, 5.74) is 1.10. The van der Waals surface area contributed by atoms with E-state index in [4.69, 9.17) is 14.9 Å². The van der Waals surface area contributed by atoms with Crippen molar-refractivity contribution in [3.8, 4) is 0 Å². The van der Waals surface area contributed by atoms with Crippen LogP contribution in [0, 0.1) is 5.92 Å². The van der Waals surface area contributed by atoms with Crippen LogP contribution in [0.15, 0.2) is 21.2 Å². The van der Waals surface area contributed by atoms with Gasteiger partial charge in [0, 0.05) is 39.3 Å². The third kappa shape index (κ3) is 5.30. The standard InChI is InChI=1S/C20H28N10O2.C2HF3O2/c1-11(2)5-7-29-15-17(22-19(29)28-8-6-13-9-21-10-14(13)28)27(4)20(32)30(18(15)31)12(3)16-23-25-26-24-16;3-2(4,5)1(6)7/h5,12-14,21H,6-10H2,1-4H3,(H,23,24,25,26);(H,6,7). The maximum Gasteiger partial charge on any atom is 0.490 e. The molecule has 14 nitrogen and oxygen atoms in total. The molecule has 0 saturated carbocycles. The number of aromatic nitrogens is 8. The van der Waals surface area contributed by atoms with Gasteiger partial charge in [0.2, 0.25) is 5.95 Å². The molecular weight excluding hydrogens is 525 g/mol. The van der Waals surface area contributed by atoms with E-state index in [2.05, 4.69) is 36.9 Å². The first-order valence-corrected chi connectivity index (χ1v) is 12.2. The van der Waals surface area contributed by atoms with Crippen LogP contribution in [0.1, 0.15) is 39.1 Å². The lowest BCUT2D eigenvalue weighted by atomic mass is 10.1. The monoisotopic (exact) mass is 554 g/mol. The Bertz CT molecular complexity index is 1500. The van der Waals surface area contributed by atoms with Crippen LogP contribution in [-0.2, 0) is 18.4 Å². The third-order valence-corrected chi connectivity index (χ3v) is 6.93. The van der Waals surface area contributed by atoms with E-state index >= 15 is 0 Å². The van der Waals surface area contributed by atoms with E-state index in [9.17, 15) is 22.8 Å². The predicted molar refractivity (Wildman–Crippen MR) is 132 cm³/mol. The molecule has 3 unspecified atom stereocenters. The van der Waals surface area contributed by atoms with Crippen LogP contribution in [0.25, 0.3) is 11.2 Å². The number of rotatable bonds is 5. The van der Waals surface area contributed by atoms with Crippen LogP contribution in [0.5, 0.6) is 0 Å². The van der Waals surface area contributed by atoms with Crippen molar-refractivity contribution in [2.75, 3.05) is 24.5 Å². The summed E-state index contributed by atoms with van der Waals surface area (Å²) in [6, 6.07) is -0.304. The van der Waals surface area contributed by atoms with Gasteiger partial charge in [0.1, 0.15) is 6.04 Å². The van der Waals surface area contributed by atoms with Crippen LogP contribution >= 0.6 is 0 Å². The number of imidazole rings is 1. The molecule has 17 heteroatoms. The summed E-state index contributed by atoms with van der Waals surface area (Å²) in [5, 5.41) is 24.3. The summed E-state index contributed by atoms with van der Waals surface area (Å²) in [7, 11) is 1.65. The highest BCUT2D eigenvalue weighted by Gasteiger charge is 2.40. The number of carboxylic acid groups (broad SMARTS) is 1. The van der Waals surface area contributed by atoms with Crippen molar-refractivity contribution >= 4 is 23.1 Å². The molecule has 0 radical (unpaired) electrons. The average Bonchev–Trinajstić information content (AvgIpc) is 3.65. The number of anilines is 1. The number of hydrogen-bond acceptors (Lipinski definition) is 9. The number of alkyl halides is 3. The number of hydrogen-bond donors (Lipinski definition) is 3. The van der Waals surface area contributed by atoms with E-state index in [1.807, 2.05) is 18.4 Å². The fourth-order valence-electron chi connectivity index (χ4n) is 4.90. The summed E-state index contributed by atoms with van der Waals surface area (Å²) in [6.45, 7) is 9.07. The molecule has 0 bridgehead atoms. The van der Waals surface area contributed by atoms with Crippen molar-refractivity contribution < 1.29 is 23.1 Å². The number of carbonyl (C=O) groups is 1. The van der Waals surface area contributed by atoms with Gasteiger partial charge < -0.3 is 19.9 Å². The molecule has 3 N–H and O–H groups in total. The lowest BCUT2D eigenvalue weighted by Gasteiger charge is -2.25. The van der Waals surface area contributed by atoms with Crippen LogP contribution < -0.4 is 21.5 Å². The van der Waals surface area contributed by atoms with Crippen molar-refractivity contribution in [3.63, 3.8) is 0 Å². The second-order valence-corrected chi connectivity index (χ2v) is 9.73. The minimum atomic E-state index is -5.08. The zero-order chi connectivity index (χ0) is 28.6. The van der Waals surface area contributed by atoms with Gasteiger partial charge in [-0.1, -0.05) is 11.6 Å². The molecule has 212 valence electrons. The van der Waals surface area contributed by atoms with E-state index in [-0.39, 0.29) is 0 Å². The summed E-state index contributed by atoms with van der Waals surface area (Å²) < 4.78 is 36.3. The van der Waals surface area contributed by atoms with Crippen molar-refractivity contribution in [1.29, 1.82) is 0 Å². The first-order chi connectivity index (χ1) is 18.3. The topological polar surface area (TPSA) is 169 Å². The molecule has 3 aromatic rings. The number of H-pyrrole nitrogens is 1. The Labute approximate surface area is 219 Å². The zero-order valence-corrected chi connectivity index (χ0v) is 21.7. The van der Waals surface area contributed by atoms with Crippen molar-refractivity contribution in [2.45, 2.75) is 52.0 Å². The van der Waals surface area contributed by atoms with Crippen molar-refractivity contribution in [3.05, 3.63) is 38.3 Å². The highest BCUT2D eigenvalue weighted by molar-refractivity contribution is 5.75. The molecule has 2 saturated heterocycles. The summed E-state index contributed by atoms with van der Waals surface area (Å²) in [6.07, 6.45) is -1.92. The SMILES string of the molecule is CC(C)=CCn1c(N2CCC3CNCC32)nc2c1c(=O)n(C(C)c1nnn[nH]1)c(=O)n2C.O=C(O)C(F)(F)F. The first-order valence-electron chi connectivity index (χ1n) is 12.2. The maximum absolute atomic E-state index is 13.7. The Balaban J connectivity index is 0.000000448. The molecule has 0 aliphatic carbocycles. The number of aromatic amines is 1. The Hall–Kier alpha value is -4.02. The van der Waals surface area contributed by atoms with Gasteiger partial charge in [0.15, 0.2) is 17.0 Å². The second kappa shape index (κ2) is 10.6. The molecule has 39 heavy (non-hydrogen) atoms. The van der Waals surface area contributed by atoms with Crippen LogP contribution in [0.3, 0.4) is 0 Å². The van der Waals surface area contributed by atoms with Crippen LogP contribution in [0.4, 0.5) is 19.1 Å². The van der Waals surface area contributed by atoms with E-state index in [0.717, 1.165) is 37.6 Å². The minimum Gasteiger partial charge on any atom is -0.475 e. The van der Waals surface area contributed by atoms with E-state index in [1.54, 1.807) is 14.0 Å². The molecule has 0 amide bonds. The van der Waals surface area contributed by atoms with Crippen molar-refractivity contribution in [2.24, 2.45) is 13.0 Å². The lowest BCUT2D eigenvalue weighted by molar-refractivity contribution is -0.192. The molecule has 3 aromatic heterocycles. The largest absolute Gasteiger partial charge is 0.490 e. The Morgan fingerprint density at radius 3 is 2.54 bits per heavy atom. The van der Waals surface area contributed by atoms with E-state index in [0.29, 0.717) is 35.5 Å². The second-order valence-electron chi connectivity index (χ2n) is 9.73. The molecular formula is C22H29F3N10O4. The Morgan fingerprint density at radius 2 is 1.95 bits per heavy atom. The first kappa shape index (κ1) is 28.0. The molecule has 5 heterocycles. The van der Waals surface area contributed by atoms with Gasteiger partial charge in [-0.15, -0.1) is 5.10 Å². The fraction of sp³-hybridized carbons (Fsp3) is 0.591. The minimum absolute atomic E-state index is 0.343. The van der Waals surface area contributed by atoms with Gasteiger partial charge in [0.05, 0.1) is 0 Å². The number of allylic oxidation sites excluding steroid dienone is 2. The van der Waals surface area contributed by atoms with E-state index in [1.165, 1.54) is 9.13 Å². The van der Waals surface area contributed by atoms with Crippen LogP contribution in [0.2, 0.25) is 0 Å². The lowest BCUT2D eigenvalue weighted by Crippen LogP contribution is -2.42. The van der Waals surface area contributed by atoms with Gasteiger partial charge in [-0.05, 0) is 43.5 Å². The summed E-state index contributed by atoms with van der Waals surface area (Å²) in [4.78, 5) is 42.9. The number of aliphatic carboxylic acids is 1. The molecule has 0 aromatic carbocycles. The molecule has 2 aliphatic rings. The summed E-state index contributed by atoms with van der Waals surface area (Å²) >= 11 is 0. The normalized spacial score (nSPS) is 19.5. The molecule has 2 aliphatic heterocycles. The third-order valence-electron chi connectivity index (χ3n) is 6.93. The number of tetrazole rings is 1. The van der Waals surface area contributed by atoms with Gasteiger partial charge in [-0.25, -0.2) is 19.3 Å². The highest BCUT2D eigenvalue weighted by atomic mass is 19.4. The molecule has 5 rings (SSSR count). The van der Waals surface area contributed by atoms with E-state index < -0.39 is 29.4 Å². The number of nitrogens with one attached hydrogen (secondary N) is 2. The molecule has 3 atom stereocenters. The molecule has 2 fully saturated rings. The number of carboxylic acids is 1. The smallest absolute Gasteiger partial charge is 0.475 e. The fourth-order valence-corrected chi connectivity index (χ4v) is 4.90. The highest BCUT2D eigenvalue weighted by Crippen LogP contribution is 2.33. The van der Waals surface area contributed by atoms with Gasteiger partial charge in [0.25, 0.3) is 5.56 Å². The molecule has 0 spiro atoms. The van der Waals surface area contributed by atoms with Gasteiger partial charge in [-0.2, -0.15) is 18.2 Å². The Kier molecular flexibility index (Phi) is 7.63. The van der Waals surface area contributed by atoms with Gasteiger partial charge >= 0.3 is 17.8 Å². The maximum atomic E-state index is 13.7. The summed E-state index contributed by atoms with van der Waals surface area (Å²) in [5.74, 6) is -1.09.